The van der Waals surface area contributed by atoms with E-state index in [-0.39, 0.29) is 6.42 Å². The molecule has 1 atom stereocenters. The predicted molar refractivity (Wildman–Crippen MR) is 23.1 cm³/mol. The Bertz CT molecular complexity index is 66.9. The highest BCUT2D eigenvalue weighted by Crippen LogP contribution is 1.88. The molecule has 2 N–H and O–H groups in total. The molecule has 0 amide bonds. The summed E-state index contributed by atoms with van der Waals surface area (Å²) in [5, 5.41) is 16.6. The highest BCUT2D eigenvalue weighted by atomic mass is 16.5. The Kier molecular flexibility index (Phi) is 1.56. The van der Waals surface area contributed by atoms with Gasteiger partial charge in [0, 0.05) is 1.37 Å². The van der Waals surface area contributed by atoms with Crippen molar-refractivity contribution in [1.29, 1.82) is 0 Å². The van der Waals surface area contributed by atoms with Crippen molar-refractivity contribution in [2.24, 2.45) is 0 Å². The zero-order valence-electron chi connectivity index (χ0n) is 5.68. The SMILES string of the molecule is [2H]C(C)CC([2H])(O)O. The monoisotopic (exact) mass is 92.1 g/mol. The fourth-order valence-electron chi connectivity index (χ4n) is 0.183. The van der Waals surface area contributed by atoms with Crippen molar-refractivity contribution < 1.29 is 13.0 Å². The third-order valence-electron chi connectivity index (χ3n) is 0.387. The smallest absolute Gasteiger partial charge is 0.151 e. The van der Waals surface area contributed by atoms with E-state index in [1.54, 1.807) is 0 Å². The fourth-order valence-corrected chi connectivity index (χ4v) is 0.183. The summed E-state index contributed by atoms with van der Waals surface area (Å²) >= 11 is 0. The molecule has 38 valence electrons. The standard InChI is InChI=1S/C4H10O2/c1-2-3-4(5)6/h4-6H,2-3H2,1H3/i2D,4D. The lowest BCUT2D eigenvalue weighted by Gasteiger charge is -1.94. The van der Waals surface area contributed by atoms with Crippen LogP contribution >= 0.6 is 0 Å². The van der Waals surface area contributed by atoms with E-state index in [4.69, 9.17) is 13.0 Å². The van der Waals surface area contributed by atoms with Crippen molar-refractivity contribution in [1.82, 2.24) is 0 Å². The summed E-state index contributed by atoms with van der Waals surface area (Å²) < 4.78 is 13.2. The van der Waals surface area contributed by atoms with Gasteiger partial charge in [-0.3, -0.25) is 0 Å². The first kappa shape index (κ1) is 2.99. The molecule has 0 radical (unpaired) electrons. The van der Waals surface area contributed by atoms with Gasteiger partial charge in [-0.15, -0.1) is 0 Å². The third-order valence-corrected chi connectivity index (χ3v) is 0.387. The van der Waals surface area contributed by atoms with Crippen LogP contribution in [0.25, 0.3) is 0 Å². The quantitative estimate of drug-likeness (QED) is 0.474. The molecule has 0 aromatic carbocycles. The molecule has 2 heteroatoms. The largest absolute Gasteiger partial charge is 0.368 e. The van der Waals surface area contributed by atoms with Gasteiger partial charge in [0.2, 0.25) is 0 Å². The van der Waals surface area contributed by atoms with E-state index >= 15 is 0 Å². The Morgan fingerprint density at radius 1 is 2.00 bits per heavy atom. The average molecular weight is 92.1 g/mol. The molecule has 0 aliphatic rings. The molecular weight excluding hydrogens is 80.0 g/mol. The normalized spacial score (nSPS) is 21.8. The number of aliphatic hydroxyl groups is 2. The first-order chi connectivity index (χ1) is 3.42. The second-order valence-corrected chi connectivity index (χ2v) is 1.03. The summed E-state index contributed by atoms with van der Waals surface area (Å²) in [7, 11) is 0. The van der Waals surface area contributed by atoms with Crippen molar-refractivity contribution >= 4 is 0 Å². The Hall–Kier alpha value is -0.0800. The van der Waals surface area contributed by atoms with E-state index in [2.05, 4.69) is 0 Å². The Morgan fingerprint density at radius 3 is 2.50 bits per heavy atom. The predicted octanol–water partition coefficient (Wildman–Crippen LogP) is 0.0972. The van der Waals surface area contributed by atoms with Gasteiger partial charge in [0.25, 0.3) is 0 Å². The van der Waals surface area contributed by atoms with Crippen molar-refractivity contribution in [2.45, 2.75) is 26.0 Å². The maximum absolute atomic E-state index is 8.29. The van der Waals surface area contributed by atoms with Crippen molar-refractivity contribution in [3.8, 4) is 0 Å². The molecule has 0 aromatic heterocycles. The number of rotatable bonds is 2. The molecule has 0 aliphatic carbocycles. The maximum atomic E-state index is 8.29. The van der Waals surface area contributed by atoms with Gasteiger partial charge in [0.05, 0.1) is 1.37 Å². The summed E-state index contributed by atoms with van der Waals surface area (Å²) in [5.41, 5.74) is 0. The van der Waals surface area contributed by atoms with Crippen molar-refractivity contribution in [3.63, 3.8) is 0 Å². The minimum absolute atomic E-state index is 0.229. The zero-order valence-corrected chi connectivity index (χ0v) is 3.68. The molecule has 0 saturated carbocycles. The van der Waals surface area contributed by atoms with Gasteiger partial charge in [-0.2, -0.15) is 0 Å². The first-order valence-corrected chi connectivity index (χ1v) is 1.79. The van der Waals surface area contributed by atoms with E-state index in [9.17, 15) is 0 Å². The van der Waals surface area contributed by atoms with Crippen molar-refractivity contribution in [3.05, 3.63) is 0 Å². The van der Waals surface area contributed by atoms with Crippen LogP contribution in [0.5, 0.6) is 0 Å². The van der Waals surface area contributed by atoms with E-state index in [1.807, 2.05) is 0 Å². The zero-order chi connectivity index (χ0) is 6.78. The van der Waals surface area contributed by atoms with E-state index in [0.717, 1.165) is 0 Å². The molecule has 0 aromatic rings. The number of hydrogen-bond donors (Lipinski definition) is 2. The molecule has 0 rings (SSSR count). The third kappa shape index (κ3) is 3.92. The second-order valence-electron chi connectivity index (χ2n) is 1.03. The highest BCUT2D eigenvalue weighted by molar-refractivity contribution is 4.31. The summed E-state index contributed by atoms with van der Waals surface area (Å²) in [5.74, 6) is 0. The number of hydrogen-bond acceptors (Lipinski definition) is 2. The van der Waals surface area contributed by atoms with Gasteiger partial charge < -0.3 is 10.2 Å². The van der Waals surface area contributed by atoms with Crippen LogP contribution in [0, 0.1) is 0 Å². The molecule has 0 spiro atoms. The minimum Gasteiger partial charge on any atom is -0.368 e. The second kappa shape index (κ2) is 3.12. The molecule has 6 heavy (non-hydrogen) atoms. The summed E-state index contributed by atoms with van der Waals surface area (Å²) in [6.45, 7) is 1.50. The van der Waals surface area contributed by atoms with Gasteiger partial charge in [-0.25, -0.2) is 0 Å². The van der Waals surface area contributed by atoms with Crippen molar-refractivity contribution in [2.75, 3.05) is 0 Å². The highest BCUT2D eigenvalue weighted by Gasteiger charge is 1.89. The fraction of sp³-hybridized carbons (Fsp3) is 1.00. The maximum Gasteiger partial charge on any atom is 0.151 e. The van der Waals surface area contributed by atoms with Crippen LogP contribution in [-0.2, 0) is 0 Å². The van der Waals surface area contributed by atoms with Gasteiger partial charge in [0.1, 0.15) is 0 Å². The first-order valence-electron chi connectivity index (χ1n) is 2.86. The van der Waals surface area contributed by atoms with Crippen LogP contribution in [0.2, 0.25) is 0 Å². The van der Waals surface area contributed by atoms with Gasteiger partial charge in [0.15, 0.2) is 6.27 Å². The summed E-state index contributed by atoms with van der Waals surface area (Å²) in [6, 6.07) is 0. The van der Waals surface area contributed by atoms with Crippen LogP contribution in [0.15, 0.2) is 0 Å². The molecule has 0 aliphatic heterocycles. The van der Waals surface area contributed by atoms with Crippen LogP contribution in [-0.4, -0.2) is 16.5 Å². The molecule has 0 heterocycles. The molecular formula is C4H10O2. The molecule has 0 bridgehead atoms. The Morgan fingerprint density at radius 2 is 2.50 bits per heavy atom. The molecule has 1 unspecified atom stereocenters. The van der Waals surface area contributed by atoms with Gasteiger partial charge in [-0.05, 0) is 6.42 Å². The lowest BCUT2D eigenvalue weighted by atomic mass is 10.3. The van der Waals surface area contributed by atoms with Crippen LogP contribution in [0.4, 0.5) is 0 Å². The van der Waals surface area contributed by atoms with E-state index in [0.29, 0.717) is 0 Å². The van der Waals surface area contributed by atoms with Crippen LogP contribution < -0.4 is 0 Å². The Labute approximate surface area is 40.2 Å². The summed E-state index contributed by atoms with van der Waals surface area (Å²) in [4.78, 5) is 0. The van der Waals surface area contributed by atoms with Crippen LogP contribution in [0.3, 0.4) is 0 Å². The molecule has 2 nitrogen and oxygen atoms in total. The summed E-state index contributed by atoms with van der Waals surface area (Å²) in [6.07, 6.45) is -3.24. The topological polar surface area (TPSA) is 40.5 Å². The van der Waals surface area contributed by atoms with Gasteiger partial charge >= 0.3 is 0 Å². The Balaban J connectivity index is 3.39. The lowest BCUT2D eigenvalue weighted by molar-refractivity contribution is -0.0453. The molecule has 0 fully saturated rings. The average Bonchev–Trinajstić information content (AvgIpc) is 1.21. The van der Waals surface area contributed by atoms with Gasteiger partial charge in [-0.1, -0.05) is 13.3 Å². The van der Waals surface area contributed by atoms with E-state index < -0.39 is 12.7 Å². The van der Waals surface area contributed by atoms with E-state index in [1.165, 1.54) is 6.92 Å². The lowest BCUT2D eigenvalue weighted by Crippen LogP contribution is -2.01. The molecule has 0 saturated heterocycles. The van der Waals surface area contributed by atoms with Crippen LogP contribution in [0.1, 0.15) is 22.5 Å². The minimum atomic E-state index is -2.42.